The van der Waals surface area contributed by atoms with Crippen molar-refractivity contribution in [3.8, 4) is 0 Å². The highest BCUT2D eigenvalue weighted by Gasteiger charge is 2.28. The van der Waals surface area contributed by atoms with Crippen molar-refractivity contribution in [2.24, 2.45) is 0 Å². The lowest BCUT2D eigenvalue weighted by Gasteiger charge is -2.18. The van der Waals surface area contributed by atoms with Gasteiger partial charge in [-0.2, -0.15) is 0 Å². The van der Waals surface area contributed by atoms with E-state index in [2.05, 4.69) is 5.32 Å². The second kappa shape index (κ2) is 5.87. The van der Waals surface area contributed by atoms with Crippen LogP contribution in [0.15, 0.2) is 35.7 Å². The summed E-state index contributed by atoms with van der Waals surface area (Å²) < 4.78 is 25.4. The highest BCUT2D eigenvalue weighted by molar-refractivity contribution is 7.93. The maximum atomic E-state index is 12.0. The Morgan fingerprint density at radius 2 is 2.19 bits per heavy atom. The SMILES string of the molecule is O=S1(=O)CCCN1c1cccc(NCc2sccc2Cl)c1. The zero-order valence-corrected chi connectivity index (χ0v) is 13.6. The summed E-state index contributed by atoms with van der Waals surface area (Å²) in [6.45, 7) is 1.19. The van der Waals surface area contributed by atoms with E-state index in [1.165, 1.54) is 4.31 Å². The molecule has 1 saturated heterocycles. The molecule has 0 unspecified atom stereocenters. The van der Waals surface area contributed by atoms with Crippen molar-refractivity contribution in [1.29, 1.82) is 0 Å². The smallest absolute Gasteiger partial charge is 0.235 e. The number of rotatable bonds is 4. The van der Waals surface area contributed by atoms with Crippen LogP contribution in [0.1, 0.15) is 11.3 Å². The van der Waals surface area contributed by atoms with Crippen molar-refractivity contribution < 1.29 is 8.42 Å². The number of nitrogens with zero attached hydrogens (tertiary/aromatic N) is 1. The molecule has 2 aromatic rings. The lowest BCUT2D eigenvalue weighted by atomic mass is 10.2. The molecule has 0 radical (unpaired) electrons. The maximum absolute atomic E-state index is 12.0. The van der Waals surface area contributed by atoms with Gasteiger partial charge >= 0.3 is 0 Å². The Kier molecular flexibility index (Phi) is 4.10. The second-order valence-electron chi connectivity index (χ2n) is 4.84. The molecule has 7 heteroatoms. The highest BCUT2D eigenvalue weighted by Crippen LogP contribution is 2.27. The normalized spacial score (nSPS) is 17.1. The van der Waals surface area contributed by atoms with Crippen molar-refractivity contribution in [3.63, 3.8) is 0 Å². The first-order chi connectivity index (χ1) is 10.1. The van der Waals surface area contributed by atoms with E-state index in [0.29, 0.717) is 19.5 Å². The summed E-state index contributed by atoms with van der Waals surface area (Å²) in [6, 6.07) is 9.35. The van der Waals surface area contributed by atoms with Crippen molar-refractivity contribution >= 4 is 44.3 Å². The van der Waals surface area contributed by atoms with Crippen LogP contribution >= 0.6 is 22.9 Å². The van der Waals surface area contributed by atoms with Gasteiger partial charge in [-0.05, 0) is 36.1 Å². The molecule has 1 N–H and O–H groups in total. The van der Waals surface area contributed by atoms with E-state index in [4.69, 9.17) is 11.6 Å². The van der Waals surface area contributed by atoms with Gasteiger partial charge in [0.25, 0.3) is 0 Å². The van der Waals surface area contributed by atoms with Crippen LogP contribution in [0, 0.1) is 0 Å². The average molecular weight is 343 g/mol. The predicted molar refractivity (Wildman–Crippen MR) is 88.8 cm³/mol. The minimum Gasteiger partial charge on any atom is -0.380 e. The van der Waals surface area contributed by atoms with E-state index >= 15 is 0 Å². The number of hydrogen-bond acceptors (Lipinski definition) is 4. The number of benzene rings is 1. The van der Waals surface area contributed by atoms with Crippen LogP contribution in [0.25, 0.3) is 0 Å². The maximum Gasteiger partial charge on any atom is 0.235 e. The van der Waals surface area contributed by atoms with Gasteiger partial charge in [0.15, 0.2) is 0 Å². The molecule has 0 amide bonds. The van der Waals surface area contributed by atoms with Gasteiger partial charge in [0.1, 0.15) is 0 Å². The molecule has 1 aromatic heterocycles. The number of halogens is 1. The number of nitrogens with one attached hydrogen (secondary N) is 1. The molecule has 0 saturated carbocycles. The largest absolute Gasteiger partial charge is 0.380 e. The number of sulfonamides is 1. The molecule has 21 heavy (non-hydrogen) atoms. The third kappa shape index (κ3) is 3.17. The average Bonchev–Trinajstić information content (AvgIpc) is 3.02. The van der Waals surface area contributed by atoms with Crippen molar-refractivity contribution in [3.05, 3.63) is 45.6 Å². The van der Waals surface area contributed by atoms with Gasteiger partial charge in [0.2, 0.25) is 10.0 Å². The molecule has 1 aliphatic rings. The zero-order valence-electron chi connectivity index (χ0n) is 11.3. The Labute approximate surface area is 133 Å². The fourth-order valence-corrected chi connectivity index (χ4v) is 4.93. The second-order valence-corrected chi connectivity index (χ2v) is 8.26. The summed E-state index contributed by atoms with van der Waals surface area (Å²) in [4.78, 5) is 1.07. The van der Waals surface area contributed by atoms with Crippen LogP contribution in [0.3, 0.4) is 0 Å². The zero-order chi connectivity index (χ0) is 14.9. The van der Waals surface area contributed by atoms with Gasteiger partial charge < -0.3 is 5.32 Å². The first-order valence-electron chi connectivity index (χ1n) is 6.62. The molecular formula is C14H15ClN2O2S2. The van der Waals surface area contributed by atoms with Gasteiger partial charge in [0.05, 0.1) is 23.0 Å². The molecule has 0 bridgehead atoms. The Bertz CT molecular complexity index is 743. The first-order valence-corrected chi connectivity index (χ1v) is 9.49. The molecule has 3 rings (SSSR count). The molecule has 1 fully saturated rings. The summed E-state index contributed by atoms with van der Waals surface area (Å²) >= 11 is 7.66. The molecule has 112 valence electrons. The number of thiophene rings is 1. The van der Waals surface area contributed by atoms with E-state index in [1.807, 2.05) is 35.7 Å². The lowest BCUT2D eigenvalue weighted by Crippen LogP contribution is -2.25. The van der Waals surface area contributed by atoms with Crippen LogP contribution in [0.2, 0.25) is 5.02 Å². The third-order valence-electron chi connectivity index (χ3n) is 3.38. The molecule has 0 atom stereocenters. The van der Waals surface area contributed by atoms with E-state index in [0.717, 1.165) is 21.3 Å². The predicted octanol–water partition coefficient (Wildman–Crippen LogP) is 3.55. The Hall–Kier alpha value is -1.24. The molecule has 1 aliphatic heterocycles. The van der Waals surface area contributed by atoms with Gasteiger partial charge in [-0.3, -0.25) is 4.31 Å². The molecule has 1 aromatic carbocycles. The lowest BCUT2D eigenvalue weighted by molar-refractivity contribution is 0.599. The van der Waals surface area contributed by atoms with Gasteiger partial charge in [-0.25, -0.2) is 8.42 Å². The summed E-state index contributed by atoms with van der Waals surface area (Å²) in [5, 5.41) is 5.99. The quantitative estimate of drug-likeness (QED) is 0.924. The van der Waals surface area contributed by atoms with Gasteiger partial charge in [0, 0.05) is 17.1 Å². The minimum absolute atomic E-state index is 0.232. The fraction of sp³-hybridized carbons (Fsp3) is 0.286. The molecule has 0 spiro atoms. The summed E-state index contributed by atoms with van der Waals surface area (Å²) in [7, 11) is -3.14. The Morgan fingerprint density at radius 1 is 1.33 bits per heavy atom. The van der Waals surface area contributed by atoms with Gasteiger partial charge in [-0.1, -0.05) is 17.7 Å². The fourth-order valence-electron chi connectivity index (χ4n) is 2.33. The molecular weight excluding hydrogens is 328 g/mol. The van der Waals surface area contributed by atoms with Crippen LogP contribution in [-0.4, -0.2) is 20.7 Å². The molecule has 4 nitrogen and oxygen atoms in total. The highest BCUT2D eigenvalue weighted by atomic mass is 35.5. The van der Waals surface area contributed by atoms with Crippen LogP contribution in [-0.2, 0) is 16.6 Å². The number of hydrogen-bond donors (Lipinski definition) is 1. The van der Waals surface area contributed by atoms with E-state index in [-0.39, 0.29) is 5.75 Å². The minimum atomic E-state index is -3.14. The first kappa shape index (κ1) is 14.7. The molecule has 0 aliphatic carbocycles. The summed E-state index contributed by atoms with van der Waals surface area (Å²) in [5.41, 5.74) is 1.61. The standard InChI is InChI=1S/C14H15ClN2O2S2/c15-13-5-7-20-14(13)10-16-11-3-1-4-12(9-11)17-6-2-8-21(17,18)19/h1,3-5,7,9,16H,2,6,8,10H2. The van der Waals surface area contributed by atoms with E-state index in [1.54, 1.807) is 11.3 Å². The van der Waals surface area contributed by atoms with Crippen LogP contribution in [0.5, 0.6) is 0 Å². The van der Waals surface area contributed by atoms with E-state index in [9.17, 15) is 8.42 Å². The number of anilines is 2. The Morgan fingerprint density at radius 3 is 2.86 bits per heavy atom. The van der Waals surface area contributed by atoms with Crippen molar-refractivity contribution in [1.82, 2.24) is 0 Å². The van der Waals surface area contributed by atoms with Crippen molar-refractivity contribution in [2.75, 3.05) is 21.9 Å². The third-order valence-corrected chi connectivity index (χ3v) is 6.63. The summed E-state index contributed by atoms with van der Waals surface area (Å²) in [5.74, 6) is 0.232. The Balaban J connectivity index is 1.76. The summed E-state index contributed by atoms with van der Waals surface area (Å²) in [6.07, 6.45) is 0.685. The van der Waals surface area contributed by atoms with E-state index < -0.39 is 10.0 Å². The van der Waals surface area contributed by atoms with Gasteiger partial charge in [-0.15, -0.1) is 11.3 Å². The van der Waals surface area contributed by atoms with Crippen LogP contribution < -0.4 is 9.62 Å². The topological polar surface area (TPSA) is 49.4 Å². The monoisotopic (exact) mass is 342 g/mol. The van der Waals surface area contributed by atoms with Crippen molar-refractivity contribution in [2.45, 2.75) is 13.0 Å². The molecule has 2 heterocycles. The van der Waals surface area contributed by atoms with Crippen LogP contribution in [0.4, 0.5) is 11.4 Å².